The lowest BCUT2D eigenvalue weighted by molar-refractivity contribution is 0.0711. The molecule has 0 atom stereocenters. The Bertz CT molecular complexity index is 1480. The summed E-state index contributed by atoms with van der Waals surface area (Å²) in [4.78, 5) is 29.0. The van der Waals surface area contributed by atoms with Crippen LogP contribution in [-0.2, 0) is 0 Å². The predicted molar refractivity (Wildman–Crippen MR) is 135 cm³/mol. The van der Waals surface area contributed by atoms with Crippen molar-refractivity contribution < 1.29 is 4.79 Å². The lowest BCUT2D eigenvalue weighted by Crippen LogP contribution is -2.38. The average molecular weight is 469 g/mol. The van der Waals surface area contributed by atoms with Gasteiger partial charge in [-0.3, -0.25) is 14.2 Å². The number of hydrogen-bond acceptors (Lipinski definition) is 6. The van der Waals surface area contributed by atoms with Gasteiger partial charge in [0.15, 0.2) is 5.82 Å². The number of hydrogen-bond donors (Lipinski definition) is 1. The summed E-state index contributed by atoms with van der Waals surface area (Å²) in [6, 6.07) is 12.2. The topological polar surface area (TPSA) is 75.4 Å². The van der Waals surface area contributed by atoms with E-state index in [-0.39, 0.29) is 11.8 Å². The van der Waals surface area contributed by atoms with E-state index < -0.39 is 0 Å². The molecule has 1 aliphatic heterocycles. The quantitative estimate of drug-likeness (QED) is 0.399. The summed E-state index contributed by atoms with van der Waals surface area (Å²) < 4.78 is 2.16. The van der Waals surface area contributed by atoms with Crippen LogP contribution in [0.1, 0.15) is 34.9 Å². The van der Waals surface area contributed by atoms with Gasteiger partial charge in [-0.2, -0.15) is 11.3 Å². The van der Waals surface area contributed by atoms with Gasteiger partial charge < -0.3 is 10.2 Å². The van der Waals surface area contributed by atoms with Gasteiger partial charge in [0.25, 0.3) is 5.91 Å². The normalized spacial score (nSPS) is 14.7. The molecule has 5 aromatic rings. The van der Waals surface area contributed by atoms with Gasteiger partial charge in [0, 0.05) is 61.0 Å². The minimum absolute atomic E-state index is 0.124. The number of anilines is 1. The molecular weight excluding hydrogens is 444 g/mol. The number of nitrogens with one attached hydrogen (secondary N) is 1. The van der Waals surface area contributed by atoms with Crippen LogP contribution in [0.2, 0.25) is 0 Å². The number of amides is 1. The van der Waals surface area contributed by atoms with E-state index in [1.165, 1.54) is 0 Å². The van der Waals surface area contributed by atoms with Crippen molar-refractivity contribution >= 4 is 39.5 Å². The van der Waals surface area contributed by atoms with Crippen LogP contribution in [0.3, 0.4) is 0 Å². The standard InChI is InChI=1S/C26H24N6OS/c1-27-24-23-22(19-5-4-17-3-2-9-28-21(17)15-19)30-25(32(23)13-10-29-24)18-6-11-31(12-7-18)26(33)20-8-14-34-16-20/h2-5,8-10,13-16,18H,6-7,11-12H2,1H3,(H,27,29). The maximum absolute atomic E-state index is 12.8. The molecule has 5 heterocycles. The molecule has 8 heteroatoms. The number of benzene rings is 1. The van der Waals surface area contributed by atoms with Crippen LogP contribution in [0.25, 0.3) is 27.7 Å². The molecule has 0 aliphatic carbocycles. The minimum Gasteiger partial charge on any atom is -0.371 e. The van der Waals surface area contributed by atoms with Gasteiger partial charge in [-0.15, -0.1) is 0 Å². The second-order valence-corrected chi connectivity index (χ2v) is 9.33. The molecule has 1 saturated heterocycles. The molecule has 1 aliphatic rings. The van der Waals surface area contributed by atoms with Crippen molar-refractivity contribution in [1.29, 1.82) is 0 Å². The second-order valence-electron chi connectivity index (χ2n) is 8.55. The Hall–Kier alpha value is -3.78. The minimum atomic E-state index is 0.124. The number of piperidine rings is 1. The Labute approximate surface area is 201 Å². The fourth-order valence-corrected chi connectivity index (χ4v) is 5.49. The second kappa shape index (κ2) is 8.53. The van der Waals surface area contributed by atoms with Crippen molar-refractivity contribution in [2.24, 2.45) is 0 Å². The Morgan fingerprint density at radius 1 is 1.12 bits per heavy atom. The van der Waals surface area contributed by atoms with Gasteiger partial charge in [-0.25, -0.2) is 9.97 Å². The van der Waals surface area contributed by atoms with Gasteiger partial charge in [0.2, 0.25) is 0 Å². The van der Waals surface area contributed by atoms with Gasteiger partial charge >= 0.3 is 0 Å². The number of pyridine rings is 1. The third-order valence-electron chi connectivity index (χ3n) is 6.61. The maximum Gasteiger partial charge on any atom is 0.254 e. The summed E-state index contributed by atoms with van der Waals surface area (Å²) in [5.41, 5.74) is 4.61. The largest absolute Gasteiger partial charge is 0.371 e. The highest BCUT2D eigenvalue weighted by Crippen LogP contribution is 2.36. The number of rotatable bonds is 4. The molecule has 1 N–H and O–H groups in total. The first kappa shape index (κ1) is 20.8. The summed E-state index contributed by atoms with van der Waals surface area (Å²) in [7, 11) is 1.88. The summed E-state index contributed by atoms with van der Waals surface area (Å²) in [6.45, 7) is 1.46. The van der Waals surface area contributed by atoms with Gasteiger partial charge in [-0.05, 0) is 36.4 Å². The lowest BCUT2D eigenvalue weighted by Gasteiger charge is -2.31. The summed E-state index contributed by atoms with van der Waals surface area (Å²) in [5, 5.41) is 8.21. The molecule has 0 saturated carbocycles. The van der Waals surface area contributed by atoms with Gasteiger partial charge in [0.05, 0.1) is 11.1 Å². The number of carbonyl (C=O) groups is 1. The van der Waals surface area contributed by atoms with E-state index in [1.54, 1.807) is 11.3 Å². The molecule has 34 heavy (non-hydrogen) atoms. The highest BCUT2D eigenvalue weighted by atomic mass is 32.1. The zero-order valence-corrected chi connectivity index (χ0v) is 19.6. The average Bonchev–Trinajstić information content (AvgIpc) is 3.57. The van der Waals surface area contributed by atoms with Crippen LogP contribution in [0, 0.1) is 0 Å². The van der Waals surface area contributed by atoms with Crippen LogP contribution in [0.15, 0.2) is 65.7 Å². The van der Waals surface area contributed by atoms with E-state index >= 15 is 0 Å². The highest BCUT2D eigenvalue weighted by Gasteiger charge is 2.29. The van der Waals surface area contributed by atoms with Crippen molar-refractivity contribution in [2.45, 2.75) is 18.8 Å². The number of nitrogens with zero attached hydrogens (tertiary/aromatic N) is 5. The first-order valence-corrected chi connectivity index (χ1v) is 12.4. The first-order valence-electron chi connectivity index (χ1n) is 11.4. The van der Waals surface area contributed by atoms with E-state index in [0.29, 0.717) is 0 Å². The monoisotopic (exact) mass is 468 g/mol. The Kier molecular flexibility index (Phi) is 5.22. The van der Waals surface area contributed by atoms with Gasteiger partial charge in [-0.1, -0.05) is 18.2 Å². The van der Waals surface area contributed by atoms with E-state index in [2.05, 4.69) is 44.0 Å². The predicted octanol–water partition coefficient (Wildman–Crippen LogP) is 5.07. The molecule has 0 spiro atoms. The Morgan fingerprint density at radius 3 is 2.79 bits per heavy atom. The molecule has 1 amide bonds. The fraction of sp³-hybridized carbons (Fsp3) is 0.231. The number of carbonyl (C=O) groups excluding carboxylic acids is 1. The number of likely N-dealkylation sites (tertiary alicyclic amines) is 1. The van der Waals surface area contributed by atoms with E-state index in [0.717, 1.165) is 70.8 Å². The zero-order chi connectivity index (χ0) is 23.1. The zero-order valence-electron chi connectivity index (χ0n) is 18.8. The molecule has 4 aromatic heterocycles. The molecule has 6 rings (SSSR count). The van der Waals surface area contributed by atoms with Crippen molar-refractivity contribution in [3.8, 4) is 11.3 Å². The smallest absolute Gasteiger partial charge is 0.254 e. The van der Waals surface area contributed by atoms with Crippen molar-refractivity contribution in [3.63, 3.8) is 0 Å². The number of thiophene rings is 1. The van der Waals surface area contributed by atoms with Crippen molar-refractivity contribution in [1.82, 2.24) is 24.3 Å². The summed E-state index contributed by atoms with van der Waals surface area (Å²) in [5.74, 6) is 2.20. The fourth-order valence-electron chi connectivity index (χ4n) is 4.86. The molecule has 0 unspecified atom stereocenters. The molecule has 1 aromatic carbocycles. The van der Waals surface area contributed by atoms with E-state index in [4.69, 9.17) is 4.98 Å². The van der Waals surface area contributed by atoms with Crippen LogP contribution in [0.4, 0.5) is 5.82 Å². The van der Waals surface area contributed by atoms with E-state index in [9.17, 15) is 4.79 Å². The van der Waals surface area contributed by atoms with Crippen molar-refractivity contribution in [3.05, 3.63) is 77.1 Å². The molecule has 1 fully saturated rings. The number of imidazole rings is 1. The number of fused-ring (bicyclic) bond motifs is 2. The molecule has 170 valence electrons. The van der Waals surface area contributed by atoms with E-state index in [1.807, 2.05) is 53.4 Å². The molecule has 0 radical (unpaired) electrons. The third-order valence-corrected chi connectivity index (χ3v) is 7.30. The van der Waals surface area contributed by atoms with Crippen LogP contribution in [-0.4, -0.2) is 50.3 Å². The molecular formula is C26H24N6OS. The Morgan fingerprint density at radius 2 is 2.00 bits per heavy atom. The molecule has 7 nitrogen and oxygen atoms in total. The maximum atomic E-state index is 12.8. The third kappa shape index (κ3) is 3.51. The van der Waals surface area contributed by atoms with Gasteiger partial charge in [0.1, 0.15) is 17.0 Å². The van der Waals surface area contributed by atoms with Crippen molar-refractivity contribution in [2.75, 3.05) is 25.5 Å². The lowest BCUT2D eigenvalue weighted by atomic mass is 9.95. The van der Waals surface area contributed by atoms with Crippen LogP contribution < -0.4 is 5.32 Å². The number of aromatic nitrogens is 4. The van der Waals surface area contributed by atoms with Crippen LogP contribution in [0.5, 0.6) is 0 Å². The summed E-state index contributed by atoms with van der Waals surface area (Å²) in [6.07, 6.45) is 7.37. The SMILES string of the molecule is CNc1nccn2c(C3CCN(C(=O)c4ccsc4)CC3)nc(-c3ccc4cccnc4c3)c12. The highest BCUT2D eigenvalue weighted by molar-refractivity contribution is 7.08. The van der Waals surface area contributed by atoms with Crippen LogP contribution >= 0.6 is 11.3 Å². The molecule has 0 bridgehead atoms. The summed E-state index contributed by atoms with van der Waals surface area (Å²) >= 11 is 1.56. The first-order chi connectivity index (χ1) is 16.7. The Balaban J connectivity index is 1.37.